The van der Waals surface area contributed by atoms with Gasteiger partial charge in [0.05, 0.1) is 17.3 Å². The van der Waals surface area contributed by atoms with E-state index in [-0.39, 0.29) is 11.8 Å². The minimum absolute atomic E-state index is 0.00700. The van der Waals surface area contributed by atoms with Crippen LogP contribution in [0.4, 0.5) is 5.69 Å². The first-order chi connectivity index (χ1) is 17.2. The average molecular weight is 489 g/mol. The summed E-state index contributed by atoms with van der Waals surface area (Å²) in [6.07, 6.45) is 1.50. The Kier molecular flexibility index (Phi) is 7.07. The van der Waals surface area contributed by atoms with Crippen molar-refractivity contribution in [3.05, 3.63) is 89.8 Å². The van der Waals surface area contributed by atoms with Crippen molar-refractivity contribution in [1.82, 2.24) is 15.0 Å². The number of nitrogens with one attached hydrogen (secondary N) is 1. The van der Waals surface area contributed by atoms with Crippen LogP contribution in [0.15, 0.2) is 83.4 Å². The molecular weight excluding hydrogens is 464 g/mol. The highest BCUT2D eigenvalue weighted by Gasteiger charge is 2.27. The number of hydrogen-bond acceptors (Lipinski definition) is 6. The quantitative estimate of drug-likeness (QED) is 0.342. The molecule has 3 aromatic carbocycles. The third-order valence-electron chi connectivity index (χ3n) is 6.02. The van der Waals surface area contributed by atoms with Crippen LogP contribution in [0.25, 0.3) is 11.4 Å². The van der Waals surface area contributed by atoms with E-state index in [9.17, 15) is 4.79 Å². The molecule has 0 unspecified atom stereocenters. The fourth-order valence-electron chi connectivity index (χ4n) is 4.12. The molecule has 0 spiro atoms. The SMILES string of the molecule is O=C(Nc1ccccc1Oc1ccccc1)C1CCN(Cc2nc(-c3ccccc3Cl)no2)CC1. The van der Waals surface area contributed by atoms with E-state index in [4.69, 9.17) is 20.9 Å². The Morgan fingerprint density at radius 1 is 1.00 bits per heavy atom. The van der Waals surface area contributed by atoms with E-state index < -0.39 is 0 Å². The zero-order valence-corrected chi connectivity index (χ0v) is 19.8. The molecule has 35 heavy (non-hydrogen) atoms. The second-order valence-electron chi connectivity index (χ2n) is 8.44. The number of amides is 1. The first-order valence-corrected chi connectivity index (χ1v) is 12.0. The fraction of sp³-hybridized carbons (Fsp3) is 0.222. The van der Waals surface area contributed by atoms with Crippen molar-refractivity contribution in [2.45, 2.75) is 19.4 Å². The Morgan fingerprint density at radius 2 is 1.71 bits per heavy atom. The number of carbonyl (C=O) groups excluding carboxylic acids is 1. The minimum atomic E-state index is -0.0718. The second-order valence-corrected chi connectivity index (χ2v) is 8.85. The molecule has 0 saturated carbocycles. The van der Waals surface area contributed by atoms with Gasteiger partial charge >= 0.3 is 0 Å². The van der Waals surface area contributed by atoms with Gasteiger partial charge in [0.15, 0.2) is 5.75 Å². The minimum Gasteiger partial charge on any atom is -0.455 e. The molecule has 1 saturated heterocycles. The van der Waals surface area contributed by atoms with Gasteiger partial charge in [-0.3, -0.25) is 9.69 Å². The number of nitrogens with zero attached hydrogens (tertiary/aromatic N) is 3. The number of anilines is 1. The number of ether oxygens (including phenoxy) is 1. The molecule has 178 valence electrons. The topological polar surface area (TPSA) is 80.5 Å². The van der Waals surface area contributed by atoms with Gasteiger partial charge in [-0.2, -0.15) is 4.98 Å². The average Bonchev–Trinajstić information content (AvgIpc) is 3.35. The van der Waals surface area contributed by atoms with E-state index in [1.54, 1.807) is 6.07 Å². The number of piperidine rings is 1. The van der Waals surface area contributed by atoms with Gasteiger partial charge in [0.2, 0.25) is 17.6 Å². The highest BCUT2D eigenvalue weighted by Crippen LogP contribution is 2.31. The monoisotopic (exact) mass is 488 g/mol. The van der Waals surface area contributed by atoms with Gasteiger partial charge in [-0.1, -0.05) is 59.2 Å². The predicted octanol–water partition coefficient (Wildman–Crippen LogP) is 6.03. The Balaban J connectivity index is 1.15. The summed E-state index contributed by atoms with van der Waals surface area (Å²) in [5.41, 5.74) is 1.41. The number of carbonyl (C=O) groups is 1. The smallest absolute Gasteiger partial charge is 0.241 e. The first-order valence-electron chi connectivity index (χ1n) is 11.6. The van der Waals surface area contributed by atoms with Crippen molar-refractivity contribution >= 4 is 23.2 Å². The van der Waals surface area contributed by atoms with Crippen molar-refractivity contribution in [1.29, 1.82) is 0 Å². The lowest BCUT2D eigenvalue weighted by molar-refractivity contribution is -0.121. The molecule has 5 rings (SSSR count). The van der Waals surface area contributed by atoms with Crippen LogP contribution in [0.3, 0.4) is 0 Å². The van der Waals surface area contributed by atoms with Crippen LogP contribution in [0.5, 0.6) is 11.5 Å². The van der Waals surface area contributed by atoms with E-state index in [0.717, 1.165) is 37.2 Å². The molecule has 1 aromatic heterocycles. The lowest BCUT2D eigenvalue weighted by Crippen LogP contribution is -2.37. The molecule has 0 radical (unpaired) electrons. The molecule has 1 amide bonds. The Labute approximate surface area is 208 Å². The summed E-state index contributed by atoms with van der Waals surface area (Å²) in [6, 6.07) is 24.4. The highest BCUT2D eigenvalue weighted by molar-refractivity contribution is 6.33. The summed E-state index contributed by atoms with van der Waals surface area (Å²) in [5.74, 6) is 2.30. The van der Waals surface area contributed by atoms with Crippen molar-refractivity contribution < 1.29 is 14.1 Å². The summed E-state index contributed by atoms with van der Waals surface area (Å²) >= 11 is 6.24. The van der Waals surface area contributed by atoms with Gasteiger partial charge in [-0.25, -0.2) is 0 Å². The maximum absolute atomic E-state index is 13.0. The van der Waals surface area contributed by atoms with Crippen molar-refractivity contribution in [2.75, 3.05) is 18.4 Å². The standard InChI is InChI=1S/C27H25ClN4O3/c28-22-11-5-4-10-21(22)26-30-25(35-31-26)18-32-16-14-19(15-17-32)27(33)29-23-12-6-7-13-24(23)34-20-8-2-1-3-9-20/h1-13,19H,14-18H2,(H,29,33). The first kappa shape index (κ1) is 23.1. The zero-order chi connectivity index (χ0) is 24.0. The predicted molar refractivity (Wildman–Crippen MR) is 134 cm³/mol. The van der Waals surface area contributed by atoms with Crippen LogP contribution >= 0.6 is 11.6 Å². The molecule has 8 heteroatoms. The van der Waals surface area contributed by atoms with Gasteiger partial charge in [-0.05, 0) is 62.3 Å². The summed E-state index contributed by atoms with van der Waals surface area (Å²) < 4.78 is 11.4. The highest BCUT2D eigenvalue weighted by atomic mass is 35.5. The van der Waals surface area contributed by atoms with Crippen LogP contribution in [0, 0.1) is 5.92 Å². The molecule has 1 fully saturated rings. The third-order valence-corrected chi connectivity index (χ3v) is 6.35. The van der Waals surface area contributed by atoms with Crippen molar-refractivity contribution in [2.24, 2.45) is 5.92 Å². The summed E-state index contributed by atoms with van der Waals surface area (Å²) in [5, 5.41) is 7.71. The Morgan fingerprint density at radius 3 is 2.51 bits per heavy atom. The maximum Gasteiger partial charge on any atom is 0.241 e. The van der Waals surface area contributed by atoms with Gasteiger partial charge in [0.1, 0.15) is 5.75 Å². The lowest BCUT2D eigenvalue weighted by Gasteiger charge is -2.30. The van der Waals surface area contributed by atoms with Crippen LogP contribution < -0.4 is 10.1 Å². The van der Waals surface area contributed by atoms with Gasteiger partial charge in [0, 0.05) is 11.5 Å². The van der Waals surface area contributed by atoms with Crippen LogP contribution in [-0.4, -0.2) is 34.0 Å². The van der Waals surface area contributed by atoms with Crippen LogP contribution in [-0.2, 0) is 11.3 Å². The molecule has 0 aliphatic carbocycles. The van der Waals surface area contributed by atoms with Gasteiger partial charge in [-0.15, -0.1) is 0 Å². The van der Waals surface area contributed by atoms with E-state index in [2.05, 4.69) is 20.4 Å². The van der Waals surface area contributed by atoms with Crippen LogP contribution in [0.2, 0.25) is 5.02 Å². The number of aromatic nitrogens is 2. The van der Waals surface area contributed by atoms with E-state index >= 15 is 0 Å². The van der Waals surface area contributed by atoms with Crippen LogP contribution in [0.1, 0.15) is 18.7 Å². The van der Waals surface area contributed by atoms with E-state index in [1.165, 1.54) is 0 Å². The Hall–Kier alpha value is -3.68. The van der Waals surface area contributed by atoms with E-state index in [1.807, 2.05) is 72.8 Å². The van der Waals surface area contributed by atoms with Crippen molar-refractivity contribution in [3.63, 3.8) is 0 Å². The molecule has 0 bridgehead atoms. The number of rotatable bonds is 7. The molecular formula is C27H25ClN4O3. The Bertz CT molecular complexity index is 1290. The van der Waals surface area contributed by atoms with Gasteiger partial charge in [0.25, 0.3) is 0 Å². The van der Waals surface area contributed by atoms with Gasteiger partial charge < -0.3 is 14.6 Å². The lowest BCUT2D eigenvalue weighted by atomic mass is 9.96. The zero-order valence-electron chi connectivity index (χ0n) is 19.1. The summed E-state index contributed by atoms with van der Waals surface area (Å²) in [7, 11) is 0. The molecule has 1 aliphatic rings. The summed E-state index contributed by atoms with van der Waals surface area (Å²) in [4.78, 5) is 19.7. The fourth-order valence-corrected chi connectivity index (χ4v) is 4.35. The number of para-hydroxylation sites is 3. The molecule has 7 nitrogen and oxygen atoms in total. The number of hydrogen-bond donors (Lipinski definition) is 1. The van der Waals surface area contributed by atoms with E-state index in [0.29, 0.717) is 34.7 Å². The molecule has 2 heterocycles. The second kappa shape index (κ2) is 10.7. The molecule has 0 atom stereocenters. The molecule has 1 aliphatic heterocycles. The van der Waals surface area contributed by atoms with Crippen molar-refractivity contribution in [3.8, 4) is 22.9 Å². The number of halogens is 1. The largest absolute Gasteiger partial charge is 0.455 e. The maximum atomic E-state index is 13.0. The molecule has 1 N–H and O–H groups in total. The number of benzene rings is 3. The normalized spacial score (nSPS) is 14.5. The summed E-state index contributed by atoms with van der Waals surface area (Å²) in [6.45, 7) is 2.08. The molecule has 4 aromatic rings. The number of likely N-dealkylation sites (tertiary alicyclic amines) is 1. The third kappa shape index (κ3) is 5.70.